The quantitative estimate of drug-likeness (QED) is 0.671. The van der Waals surface area contributed by atoms with Gasteiger partial charge in [-0.15, -0.1) is 0 Å². The van der Waals surface area contributed by atoms with Crippen LogP contribution in [0.1, 0.15) is 5.56 Å². The fourth-order valence-electron chi connectivity index (χ4n) is 2.08. The number of aromatic nitrogens is 4. The normalized spacial score (nSPS) is 11.0. The van der Waals surface area contributed by atoms with E-state index in [0.29, 0.717) is 26.8 Å². The molecular formula is C13H10BrClN4OS. The van der Waals surface area contributed by atoms with Gasteiger partial charge in [-0.3, -0.25) is 4.57 Å². The molecule has 0 fully saturated rings. The summed E-state index contributed by atoms with van der Waals surface area (Å²) in [6, 6.07) is 3.79. The molecule has 2 aromatic heterocycles. The highest BCUT2D eigenvalue weighted by Gasteiger charge is 2.15. The van der Waals surface area contributed by atoms with E-state index in [9.17, 15) is 0 Å². The van der Waals surface area contributed by atoms with Gasteiger partial charge in [0.2, 0.25) is 5.88 Å². The molecule has 3 rings (SSSR count). The molecule has 0 aliphatic heterocycles. The molecule has 3 aromatic rings. The second-order valence-electron chi connectivity index (χ2n) is 4.40. The van der Waals surface area contributed by atoms with Crippen molar-refractivity contribution in [3.8, 4) is 11.6 Å². The first-order valence-electron chi connectivity index (χ1n) is 5.98. The van der Waals surface area contributed by atoms with Crippen LogP contribution in [0.15, 0.2) is 22.9 Å². The van der Waals surface area contributed by atoms with Gasteiger partial charge in [0.05, 0.1) is 12.8 Å². The molecule has 0 unspecified atom stereocenters. The highest BCUT2D eigenvalue weighted by atomic mass is 79.9. The minimum absolute atomic E-state index is 0.444. The van der Waals surface area contributed by atoms with Gasteiger partial charge in [0.1, 0.15) is 11.8 Å². The monoisotopic (exact) mass is 384 g/mol. The van der Waals surface area contributed by atoms with Crippen LogP contribution in [0.2, 0.25) is 5.02 Å². The number of nitrogens with one attached hydrogen (secondary N) is 1. The average Bonchev–Trinajstić information content (AvgIpc) is 2.79. The van der Waals surface area contributed by atoms with Gasteiger partial charge < -0.3 is 9.72 Å². The molecule has 0 aliphatic rings. The Labute approximate surface area is 139 Å². The third kappa shape index (κ3) is 2.35. The fraction of sp³-hybridized carbons (Fsp3) is 0.154. The lowest BCUT2D eigenvalue weighted by Gasteiger charge is -2.09. The number of aromatic amines is 1. The Hall–Kier alpha value is -1.44. The minimum atomic E-state index is 0.444. The first kappa shape index (κ1) is 14.5. The Morgan fingerprint density at radius 2 is 2.14 bits per heavy atom. The Balaban J connectivity index is 2.39. The number of imidazole rings is 1. The maximum Gasteiger partial charge on any atom is 0.242 e. The Morgan fingerprint density at radius 1 is 1.38 bits per heavy atom. The maximum atomic E-state index is 6.23. The largest absolute Gasteiger partial charge is 0.479 e. The van der Waals surface area contributed by atoms with Gasteiger partial charge in [0.25, 0.3) is 0 Å². The van der Waals surface area contributed by atoms with Gasteiger partial charge in [0, 0.05) is 9.50 Å². The molecule has 0 saturated carbocycles. The Bertz CT molecular complexity index is 905. The van der Waals surface area contributed by atoms with E-state index in [1.807, 2.05) is 19.1 Å². The molecule has 1 N–H and O–H groups in total. The summed E-state index contributed by atoms with van der Waals surface area (Å²) in [5.74, 6) is 0.444. The number of fused-ring (bicyclic) bond motifs is 1. The number of aryl methyl sites for hydroxylation is 1. The van der Waals surface area contributed by atoms with Crippen molar-refractivity contribution in [1.29, 1.82) is 0 Å². The van der Waals surface area contributed by atoms with Crippen LogP contribution in [0.4, 0.5) is 0 Å². The van der Waals surface area contributed by atoms with Crippen LogP contribution in [0.5, 0.6) is 5.88 Å². The van der Waals surface area contributed by atoms with Crippen molar-refractivity contribution in [3.63, 3.8) is 0 Å². The van der Waals surface area contributed by atoms with Crippen LogP contribution in [-0.4, -0.2) is 26.6 Å². The van der Waals surface area contributed by atoms with E-state index in [2.05, 4.69) is 30.9 Å². The lowest BCUT2D eigenvalue weighted by Crippen LogP contribution is -1.98. The SMILES string of the molecule is COc1ncnc2c1[nH]c(=S)n2-c1cc(Cl)c(C)cc1Br. The van der Waals surface area contributed by atoms with E-state index in [1.54, 1.807) is 11.7 Å². The summed E-state index contributed by atoms with van der Waals surface area (Å²) >= 11 is 15.2. The van der Waals surface area contributed by atoms with E-state index in [4.69, 9.17) is 28.6 Å². The van der Waals surface area contributed by atoms with Crippen molar-refractivity contribution in [2.45, 2.75) is 6.92 Å². The third-order valence-electron chi connectivity index (χ3n) is 3.10. The zero-order valence-electron chi connectivity index (χ0n) is 11.1. The van der Waals surface area contributed by atoms with Crippen molar-refractivity contribution >= 4 is 50.9 Å². The van der Waals surface area contributed by atoms with E-state index < -0.39 is 0 Å². The van der Waals surface area contributed by atoms with Crippen LogP contribution in [-0.2, 0) is 0 Å². The van der Waals surface area contributed by atoms with Gasteiger partial charge in [0.15, 0.2) is 10.4 Å². The van der Waals surface area contributed by atoms with Crippen molar-refractivity contribution in [1.82, 2.24) is 19.5 Å². The average molecular weight is 386 g/mol. The Kier molecular flexibility index (Phi) is 3.73. The van der Waals surface area contributed by atoms with Gasteiger partial charge in [-0.2, -0.15) is 4.98 Å². The zero-order valence-corrected chi connectivity index (χ0v) is 14.3. The number of methoxy groups -OCH3 is 1. The number of benzene rings is 1. The van der Waals surface area contributed by atoms with E-state index in [-0.39, 0.29) is 0 Å². The van der Waals surface area contributed by atoms with Crippen molar-refractivity contribution in [3.05, 3.63) is 38.3 Å². The first-order chi connectivity index (χ1) is 10.0. The summed E-state index contributed by atoms with van der Waals surface area (Å²) < 4.78 is 8.39. The third-order valence-corrected chi connectivity index (χ3v) is 4.43. The molecule has 5 nitrogen and oxygen atoms in total. The van der Waals surface area contributed by atoms with Crippen molar-refractivity contribution in [2.75, 3.05) is 7.11 Å². The molecular weight excluding hydrogens is 376 g/mol. The van der Waals surface area contributed by atoms with E-state index >= 15 is 0 Å². The van der Waals surface area contributed by atoms with Crippen LogP contribution in [0, 0.1) is 11.7 Å². The Morgan fingerprint density at radius 3 is 2.86 bits per heavy atom. The fourth-order valence-corrected chi connectivity index (χ4v) is 3.16. The number of rotatable bonds is 2. The zero-order chi connectivity index (χ0) is 15.1. The lowest BCUT2D eigenvalue weighted by atomic mass is 10.2. The summed E-state index contributed by atoms with van der Waals surface area (Å²) in [5.41, 5.74) is 3.06. The highest BCUT2D eigenvalue weighted by Crippen LogP contribution is 2.31. The van der Waals surface area contributed by atoms with E-state index in [1.165, 1.54) is 6.33 Å². The van der Waals surface area contributed by atoms with Crippen LogP contribution in [0.25, 0.3) is 16.9 Å². The molecule has 0 spiro atoms. The second-order valence-corrected chi connectivity index (χ2v) is 6.05. The van der Waals surface area contributed by atoms with Gasteiger partial charge in [-0.25, -0.2) is 4.98 Å². The number of hydrogen-bond donors (Lipinski definition) is 1. The second kappa shape index (κ2) is 5.40. The van der Waals surface area contributed by atoms with Crippen LogP contribution < -0.4 is 4.74 Å². The molecule has 0 saturated heterocycles. The predicted molar refractivity (Wildman–Crippen MR) is 88.0 cm³/mol. The van der Waals surface area contributed by atoms with Crippen molar-refractivity contribution < 1.29 is 4.74 Å². The van der Waals surface area contributed by atoms with Crippen molar-refractivity contribution in [2.24, 2.45) is 0 Å². The van der Waals surface area contributed by atoms with Crippen LogP contribution in [0.3, 0.4) is 0 Å². The lowest BCUT2D eigenvalue weighted by molar-refractivity contribution is 0.401. The topological polar surface area (TPSA) is 55.7 Å². The standard InChI is InChI=1S/C13H10BrClN4OS/c1-6-3-7(14)9(4-8(6)15)19-11-10(18-13(19)21)12(20-2)17-5-16-11/h3-5H,1-2H3,(H,18,21). The first-order valence-corrected chi connectivity index (χ1v) is 7.56. The number of halogens is 2. The summed E-state index contributed by atoms with van der Waals surface area (Å²) in [4.78, 5) is 11.4. The summed E-state index contributed by atoms with van der Waals surface area (Å²) in [6.07, 6.45) is 1.43. The molecule has 0 atom stereocenters. The summed E-state index contributed by atoms with van der Waals surface area (Å²) in [6.45, 7) is 1.94. The number of hydrogen-bond acceptors (Lipinski definition) is 4. The van der Waals surface area contributed by atoms with Gasteiger partial charge >= 0.3 is 0 Å². The number of nitrogens with zero attached hydrogens (tertiary/aromatic N) is 3. The maximum absolute atomic E-state index is 6.23. The van der Waals surface area contributed by atoms with E-state index in [0.717, 1.165) is 15.7 Å². The number of H-pyrrole nitrogens is 1. The predicted octanol–water partition coefficient (Wildman–Crippen LogP) is 4.21. The molecule has 108 valence electrons. The molecule has 0 aliphatic carbocycles. The molecule has 2 heterocycles. The molecule has 0 radical (unpaired) electrons. The summed E-state index contributed by atoms with van der Waals surface area (Å²) in [5, 5.41) is 0.658. The molecule has 21 heavy (non-hydrogen) atoms. The molecule has 0 bridgehead atoms. The highest BCUT2D eigenvalue weighted by molar-refractivity contribution is 9.10. The number of ether oxygens (including phenoxy) is 1. The summed E-state index contributed by atoms with van der Waals surface area (Å²) in [7, 11) is 1.55. The smallest absolute Gasteiger partial charge is 0.242 e. The molecule has 1 aromatic carbocycles. The van der Waals surface area contributed by atoms with Crippen LogP contribution >= 0.6 is 39.7 Å². The minimum Gasteiger partial charge on any atom is -0.479 e. The van der Waals surface area contributed by atoms with Gasteiger partial charge in [-0.05, 0) is 52.8 Å². The molecule has 0 amide bonds. The molecule has 8 heteroatoms. The van der Waals surface area contributed by atoms with Gasteiger partial charge in [-0.1, -0.05) is 11.6 Å².